The highest BCUT2D eigenvalue weighted by molar-refractivity contribution is 7.05. The summed E-state index contributed by atoms with van der Waals surface area (Å²) in [6.07, 6.45) is 3.52. The lowest BCUT2D eigenvalue weighted by Gasteiger charge is -2.13. The lowest BCUT2D eigenvalue weighted by Crippen LogP contribution is -2.29. The number of hydrogen-bond acceptors (Lipinski definition) is 5. The van der Waals surface area contributed by atoms with Crippen LogP contribution in [0, 0.1) is 0 Å². The van der Waals surface area contributed by atoms with Gasteiger partial charge >= 0.3 is 0 Å². The van der Waals surface area contributed by atoms with E-state index in [9.17, 15) is 0 Å². The predicted molar refractivity (Wildman–Crippen MR) is 54.5 cm³/mol. The van der Waals surface area contributed by atoms with Crippen molar-refractivity contribution >= 4 is 11.5 Å². The van der Waals surface area contributed by atoms with Gasteiger partial charge in [0.2, 0.25) is 0 Å². The fraction of sp³-hybridized carbons (Fsp3) is 0.250. The zero-order valence-corrected chi connectivity index (χ0v) is 8.53. The van der Waals surface area contributed by atoms with E-state index in [0.29, 0.717) is 0 Å². The van der Waals surface area contributed by atoms with E-state index < -0.39 is 0 Å². The lowest BCUT2D eigenvalue weighted by atomic mass is 10.2. The van der Waals surface area contributed by atoms with Crippen molar-refractivity contribution in [1.29, 1.82) is 0 Å². The van der Waals surface area contributed by atoms with Crippen LogP contribution < -0.4 is 11.3 Å². The van der Waals surface area contributed by atoms with Crippen LogP contribution >= 0.6 is 11.5 Å². The average Bonchev–Trinajstić information content (AvgIpc) is 2.80. The molecule has 0 amide bonds. The highest BCUT2D eigenvalue weighted by atomic mass is 32.1. The Hall–Kier alpha value is -1.24. The minimum Gasteiger partial charge on any atom is -0.271 e. The van der Waals surface area contributed by atoms with Gasteiger partial charge in [-0.25, -0.2) is 9.80 Å². The first-order valence-corrected chi connectivity index (χ1v) is 4.95. The van der Waals surface area contributed by atoms with Crippen LogP contribution in [-0.2, 0) is 7.05 Å². The molecule has 2 aromatic heterocycles. The summed E-state index contributed by atoms with van der Waals surface area (Å²) in [5.41, 5.74) is 3.78. The van der Waals surface area contributed by atoms with Gasteiger partial charge in [0.1, 0.15) is 0 Å². The quantitative estimate of drug-likeness (QED) is 0.568. The third kappa shape index (κ3) is 1.54. The van der Waals surface area contributed by atoms with Crippen molar-refractivity contribution in [2.45, 2.75) is 6.04 Å². The zero-order valence-electron chi connectivity index (χ0n) is 7.71. The van der Waals surface area contributed by atoms with Crippen molar-refractivity contribution < 1.29 is 0 Å². The molecule has 0 fully saturated rings. The maximum Gasteiger partial charge on any atom is 0.0985 e. The van der Waals surface area contributed by atoms with Gasteiger partial charge in [-0.3, -0.25) is 10.5 Å². The third-order valence-electron chi connectivity index (χ3n) is 2.06. The summed E-state index contributed by atoms with van der Waals surface area (Å²) in [7, 11) is 1.89. The predicted octanol–water partition coefficient (Wildman–Crippen LogP) is 0.429. The van der Waals surface area contributed by atoms with Crippen LogP contribution in [0.2, 0.25) is 0 Å². The van der Waals surface area contributed by atoms with Gasteiger partial charge < -0.3 is 0 Å². The van der Waals surface area contributed by atoms with Gasteiger partial charge in [0.15, 0.2) is 0 Å². The summed E-state index contributed by atoms with van der Waals surface area (Å²) < 4.78 is 5.84. The van der Waals surface area contributed by atoms with Gasteiger partial charge in [-0.2, -0.15) is 5.10 Å². The summed E-state index contributed by atoms with van der Waals surface area (Å²) in [6.45, 7) is 0. The molecule has 2 rings (SSSR count). The molecular weight excluding hydrogens is 198 g/mol. The van der Waals surface area contributed by atoms with Crippen LogP contribution in [0.1, 0.15) is 16.6 Å². The molecule has 5 nitrogen and oxygen atoms in total. The second-order valence-electron chi connectivity index (χ2n) is 2.89. The first-order valence-electron chi connectivity index (χ1n) is 4.17. The highest BCUT2D eigenvalue weighted by Crippen LogP contribution is 2.22. The molecule has 6 heteroatoms. The molecule has 0 spiro atoms. The number of nitrogens with two attached hydrogens (primary N) is 1. The molecule has 0 aromatic carbocycles. The minimum absolute atomic E-state index is 0.0324. The van der Waals surface area contributed by atoms with E-state index in [0.717, 1.165) is 10.6 Å². The van der Waals surface area contributed by atoms with Crippen molar-refractivity contribution in [3.8, 4) is 0 Å². The zero-order chi connectivity index (χ0) is 9.97. The Morgan fingerprint density at radius 1 is 1.50 bits per heavy atom. The molecule has 2 aromatic rings. The van der Waals surface area contributed by atoms with E-state index >= 15 is 0 Å². The van der Waals surface area contributed by atoms with Crippen LogP contribution in [0.3, 0.4) is 0 Å². The number of hydrazine groups is 1. The first kappa shape index (κ1) is 9.32. The summed E-state index contributed by atoms with van der Waals surface area (Å²) in [5.74, 6) is 5.51. The summed E-state index contributed by atoms with van der Waals surface area (Å²) in [5, 5.41) is 4.10. The van der Waals surface area contributed by atoms with Gasteiger partial charge in [-0.15, -0.1) is 0 Å². The molecule has 0 radical (unpaired) electrons. The molecule has 0 saturated carbocycles. The average molecular weight is 209 g/mol. The van der Waals surface area contributed by atoms with Crippen molar-refractivity contribution in [2.24, 2.45) is 12.9 Å². The van der Waals surface area contributed by atoms with E-state index in [1.54, 1.807) is 17.1 Å². The largest absolute Gasteiger partial charge is 0.271 e. The Labute approximate surface area is 85.7 Å². The van der Waals surface area contributed by atoms with Crippen LogP contribution in [0.15, 0.2) is 24.5 Å². The van der Waals surface area contributed by atoms with Gasteiger partial charge in [0.25, 0.3) is 0 Å². The van der Waals surface area contributed by atoms with Crippen molar-refractivity contribution in [1.82, 2.24) is 19.6 Å². The summed E-state index contributed by atoms with van der Waals surface area (Å²) >= 11 is 1.43. The summed E-state index contributed by atoms with van der Waals surface area (Å²) in [6, 6.07) is 3.85. The van der Waals surface area contributed by atoms with E-state index in [4.69, 9.17) is 5.84 Å². The van der Waals surface area contributed by atoms with Gasteiger partial charge in [0, 0.05) is 24.3 Å². The van der Waals surface area contributed by atoms with Crippen LogP contribution in [0.4, 0.5) is 0 Å². The second kappa shape index (κ2) is 3.87. The monoisotopic (exact) mass is 209 g/mol. The normalized spacial score (nSPS) is 13.0. The minimum atomic E-state index is -0.0324. The van der Waals surface area contributed by atoms with E-state index in [1.807, 2.05) is 19.2 Å². The number of hydrogen-bond donors (Lipinski definition) is 2. The smallest absolute Gasteiger partial charge is 0.0985 e. The maximum atomic E-state index is 5.51. The molecule has 0 saturated heterocycles. The number of rotatable bonds is 3. The molecule has 1 unspecified atom stereocenters. The van der Waals surface area contributed by atoms with Crippen LogP contribution in [0.25, 0.3) is 0 Å². The number of aromatic nitrogens is 3. The van der Waals surface area contributed by atoms with E-state index in [-0.39, 0.29) is 6.04 Å². The molecule has 3 N–H and O–H groups in total. The van der Waals surface area contributed by atoms with Crippen LogP contribution in [0.5, 0.6) is 0 Å². The topological polar surface area (TPSA) is 68.8 Å². The second-order valence-corrected chi connectivity index (χ2v) is 3.76. The molecule has 0 aliphatic carbocycles. The highest BCUT2D eigenvalue weighted by Gasteiger charge is 2.16. The van der Waals surface area contributed by atoms with Crippen molar-refractivity contribution in [3.05, 3.63) is 35.1 Å². The molecule has 0 aliphatic rings. The van der Waals surface area contributed by atoms with Crippen molar-refractivity contribution in [3.63, 3.8) is 0 Å². The van der Waals surface area contributed by atoms with Gasteiger partial charge in [-0.1, -0.05) is 0 Å². The van der Waals surface area contributed by atoms with Gasteiger partial charge in [0.05, 0.1) is 11.7 Å². The SMILES string of the molecule is Cn1nccc1C(NN)c1ccns1. The Morgan fingerprint density at radius 2 is 2.36 bits per heavy atom. The van der Waals surface area contributed by atoms with E-state index in [1.165, 1.54) is 11.5 Å². The molecule has 0 bridgehead atoms. The van der Waals surface area contributed by atoms with Crippen molar-refractivity contribution in [2.75, 3.05) is 0 Å². The molecular formula is C8H11N5S. The van der Waals surface area contributed by atoms with E-state index in [2.05, 4.69) is 14.9 Å². The molecule has 0 aliphatic heterocycles. The van der Waals surface area contributed by atoms with Crippen LogP contribution in [-0.4, -0.2) is 14.2 Å². The number of aryl methyl sites for hydroxylation is 1. The Kier molecular flexibility index (Phi) is 2.58. The lowest BCUT2D eigenvalue weighted by molar-refractivity contribution is 0.582. The maximum absolute atomic E-state index is 5.51. The number of nitrogens with zero attached hydrogens (tertiary/aromatic N) is 3. The Balaban J connectivity index is 2.36. The molecule has 74 valence electrons. The first-order chi connectivity index (χ1) is 6.83. The summed E-state index contributed by atoms with van der Waals surface area (Å²) in [4.78, 5) is 1.08. The molecule has 2 heterocycles. The Bertz CT molecular complexity index is 394. The van der Waals surface area contributed by atoms with Gasteiger partial charge in [-0.05, 0) is 23.7 Å². The fourth-order valence-corrected chi connectivity index (χ4v) is 2.01. The molecule has 14 heavy (non-hydrogen) atoms. The molecule has 1 atom stereocenters. The standard InChI is InChI=1S/C8H11N5S/c1-13-6(2-4-10-13)8(12-9)7-3-5-11-14-7/h2-5,8,12H,9H2,1H3. The fourth-order valence-electron chi connectivity index (χ4n) is 1.36. The third-order valence-corrected chi connectivity index (χ3v) is 2.87. The number of nitrogens with one attached hydrogen (secondary N) is 1. The Morgan fingerprint density at radius 3 is 2.86 bits per heavy atom.